The van der Waals surface area contributed by atoms with Crippen LogP contribution in [-0.2, 0) is 14.8 Å². The monoisotopic (exact) mass is 418 g/mol. The lowest BCUT2D eigenvalue weighted by Gasteiger charge is -2.44. The van der Waals surface area contributed by atoms with Crippen LogP contribution in [0.25, 0.3) is 0 Å². The zero-order valence-electron chi connectivity index (χ0n) is 17.1. The smallest absolute Gasteiger partial charge is 0.254 e. The minimum Gasteiger partial charge on any atom is -0.379 e. The maximum atomic E-state index is 13.4. The summed E-state index contributed by atoms with van der Waals surface area (Å²) in [5.41, 5.74) is 1.51. The number of benzene rings is 1. The third-order valence-corrected chi connectivity index (χ3v) is 8.45. The molecule has 1 aromatic rings. The average Bonchev–Trinajstić information content (AvgIpc) is 2.74. The summed E-state index contributed by atoms with van der Waals surface area (Å²) >= 11 is 0. The third kappa shape index (κ3) is 4.13. The first kappa shape index (κ1) is 20.6. The van der Waals surface area contributed by atoms with Gasteiger partial charge in [-0.3, -0.25) is 4.79 Å². The summed E-state index contributed by atoms with van der Waals surface area (Å²) in [6.07, 6.45) is 9.87. The first-order valence-corrected chi connectivity index (χ1v) is 12.0. The first-order chi connectivity index (χ1) is 13.9. The number of nitrogens with zero attached hydrogens (tertiary/aromatic N) is 2. The molecule has 0 saturated carbocycles. The van der Waals surface area contributed by atoms with Crippen molar-refractivity contribution >= 4 is 15.9 Å². The van der Waals surface area contributed by atoms with Crippen molar-refractivity contribution in [3.63, 3.8) is 0 Å². The molecule has 1 spiro atoms. The lowest BCUT2D eigenvalue weighted by Crippen LogP contribution is -2.46. The highest BCUT2D eigenvalue weighted by Crippen LogP contribution is 2.41. The Bertz CT molecular complexity index is 905. The molecule has 1 aliphatic carbocycles. The topological polar surface area (TPSA) is 66.9 Å². The summed E-state index contributed by atoms with van der Waals surface area (Å²) in [7, 11) is -3.62. The number of piperidine rings is 1. The van der Waals surface area contributed by atoms with Gasteiger partial charge in [0.1, 0.15) is 0 Å². The predicted octanol–water partition coefficient (Wildman–Crippen LogP) is 2.98. The van der Waals surface area contributed by atoms with Gasteiger partial charge in [-0.05, 0) is 62.1 Å². The van der Waals surface area contributed by atoms with E-state index < -0.39 is 10.0 Å². The third-order valence-electron chi connectivity index (χ3n) is 6.55. The van der Waals surface area contributed by atoms with Crippen LogP contribution in [0.2, 0.25) is 0 Å². The van der Waals surface area contributed by atoms with Gasteiger partial charge in [0.25, 0.3) is 5.91 Å². The number of morpholine rings is 1. The maximum Gasteiger partial charge on any atom is 0.254 e. The molecule has 1 amide bonds. The molecule has 1 unspecified atom stereocenters. The van der Waals surface area contributed by atoms with Crippen molar-refractivity contribution in [2.45, 2.75) is 43.9 Å². The summed E-state index contributed by atoms with van der Waals surface area (Å²) in [4.78, 5) is 15.5. The molecule has 4 rings (SSSR count). The van der Waals surface area contributed by atoms with Gasteiger partial charge in [0.15, 0.2) is 0 Å². The Labute approximate surface area is 173 Å². The van der Waals surface area contributed by atoms with Crippen LogP contribution in [0.3, 0.4) is 0 Å². The number of hydrogen-bond donors (Lipinski definition) is 0. The highest BCUT2D eigenvalue weighted by atomic mass is 32.2. The second kappa shape index (κ2) is 8.20. The summed E-state index contributed by atoms with van der Waals surface area (Å²) in [6, 6.07) is 4.94. The lowest BCUT2D eigenvalue weighted by atomic mass is 9.71. The summed E-state index contributed by atoms with van der Waals surface area (Å²) < 4.78 is 32.8. The van der Waals surface area contributed by atoms with E-state index in [0.29, 0.717) is 31.9 Å². The molecule has 0 aromatic heterocycles. The van der Waals surface area contributed by atoms with Gasteiger partial charge >= 0.3 is 0 Å². The Morgan fingerprint density at radius 3 is 2.62 bits per heavy atom. The van der Waals surface area contributed by atoms with Crippen LogP contribution in [-0.4, -0.2) is 62.9 Å². The van der Waals surface area contributed by atoms with Gasteiger partial charge in [-0.2, -0.15) is 4.31 Å². The SMILES string of the molecule is Cc1ccc(S(=O)(=O)N2CCOCC2)cc1C(=O)N1CCCC2(CC=CCC2)C1. The van der Waals surface area contributed by atoms with E-state index >= 15 is 0 Å². The van der Waals surface area contributed by atoms with Crippen LogP contribution in [0.4, 0.5) is 0 Å². The normalized spacial score (nSPS) is 26.0. The number of carbonyl (C=O) groups is 1. The minimum atomic E-state index is -3.62. The second-order valence-electron chi connectivity index (χ2n) is 8.54. The van der Waals surface area contributed by atoms with E-state index in [0.717, 1.165) is 50.8 Å². The number of sulfonamides is 1. The highest BCUT2D eigenvalue weighted by molar-refractivity contribution is 7.89. The van der Waals surface area contributed by atoms with Gasteiger partial charge in [0.05, 0.1) is 18.1 Å². The minimum absolute atomic E-state index is 0.0462. The van der Waals surface area contributed by atoms with Crippen molar-refractivity contribution in [2.75, 3.05) is 39.4 Å². The fourth-order valence-corrected chi connectivity index (χ4v) is 6.23. The van der Waals surface area contributed by atoms with Crippen LogP contribution in [0.5, 0.6) is 0 Å². The fraction of sp³-hybridized carbons (Fsp3) is 0.591. The van der Waals surface area contributed by atoms with Gasteiger partial charge in [0.2, 0.25) is 10.0 Å². The number of likely N-dealkylation sites (tertiary alicyclic amines) is 1. The van der Waals surface area contributed by atoms with Crippen molar-refractivity contribution < 1.29 is 17.9 Å². The van der Waals surface area contributed by atoms with E-state index in [9.17, 15) is 13.2 Å². The van der Waals surface area contributed by atoms with Crippen molar-refractivity contribution in [1.29, 1.82) is 0 Å². The second-order valence-corrected chi connectivity index (χ2v) is 10.5. The van der Waals surface area contributed by atoms with E-state index in [2.05, 4.69) is 12.2 Å². The number of amides is 1. The molecular formula is C22H30N2O4S. The molecule has 2 saturated heterocycles. The highest BCUT2D eigenvalue weighted by Gasteiger charge is 2.37. The molecule has 0 radical (unpaired) electrons. The van der Waals surface area contributed by atoms with E-state index in [4.69, 9.17) is 4.74 Å². The Morgan fingerprint density at radius 2 is 1.90 bits per heavy atom. The molecule has 0 N–H and O–H groups in total. The lowest BCUT2D eigenvalue weighted by molar-refractivity contribution is 0.0483. The molecule has 29 heavy (non-hydrogen) atoms. The first-order valence-electron chi connectivity index (χ1n) is 10.5. The van der Waals surface area contributed by atoms with Crippen LogP contribution < -0.4 is 0 Å². The van der Waals surface area contributed by atoms with E-state index in [1.807, 2.05) is 11.8 Å². The molecule has 6 nitrogen and oxygen atoms in total. The molecule has 7 heteroatoms. The fourth-order valence-electron chi connectivity index (χ4n) is 4.79. The van der Waals surface area contributed by atoms with E-state index in [1.54, 1.807) is 18.2 Å². The van der Waals surface area contributed by atoms with Crippen LogP contribution in [0, 0.1) is 12.3 Å². The predicted molar refractivity (Wildman–Crippen MR) is 111 cm³/mol. The van der Waals surface area contributed by atoms with Crippen molar-refractivity contribution in [3.8, 4) is 0 Å². The molecule has 158 valence electrons. The van der Waals surface area contributed by atoms with Crippen molar-refractivity contribution in [1.82, 2.24) is 9.21 Å². The van der Waals surface area contributed by atoms with Gasteiger partial charge in [-0.1, -0.05) is 18.2 Å². The Morgan fingerprint density at radius 1 is 1.10 bits per heavy atom. The molecule has 2 aliphatic heterocycles. The Balaban J connectivity index is 1.58. The van der Waals surface area contributed by atoms with Crippen molar-refractivity contribution in [2.24, 2.45) is 5.41 Å². The zero-order chi connectivity index (χ0) is 20.5. The molecule has 0 bridgehead atoms. The Kier molecular flexibility index (Phi) is 5.82. The van der Waals surface area contributed by atoms with Gasteiger partial charge in [0, 0.05) is 31.7 Å². The Hall–Kier alpha value is -1.70. The largest absolute Gasteiger partial charge is 0.379 e. The summed E-state index contributed by atoms with van der Waals surface area (Å²) in [5.74, 6) is -0.0462. The van der Waals surface area contributed by atoms with Gasteiger partial charge < -0.3 is 9.64 Å². The molecule has 2 heterocycles. The van der Waals surface area contributed by atoms with E-state index in [1.165, 1.54) is 4.31 Å². The number of allylic oxidation sites excluding steroid dienone is 2. The number of aryl methyl sites for hydroxylation is 1. The number of carbonyl (C=O) groups excluding carboxylic acids is 1. The van der Waals surface area contributed by atoms with Gasteiger partial charge in [-0.25, -0.2) is 8.42 Å². The van der Waals surface area contributed by atoms with Crippen LogP contribution >= 0.6 is 0 Å². The van der Waals surface area contributed by atoms with Gasteiger partial charge in [-0.15, -0.1) is 0 Å². The number of ether oxygens (including phenoxy) is 1. The molecular weight excluding hydrogens is 388 g/mol. The zero-order valence-corrected chi connectivity index (χ0v) is 17.9. The average molecular weight is 419 g/mol. The molecule has 2 fully saturated rings. The number of rotatable bonds is 3. The number of hydrogen-bond acceptors (Lipinski definition) is 4. The maximum absolute atomic E-state index is 13.4. The van der Waals surface area contributed by atoms with Crippen molar-refractivity contribution in [3.05, 3.63) is 41.5 Å². The van der Waals surface area contributed by atoms with Crippen LogP contribution in [0.15, 0.2) is 35.2 Å². The quantitative estimate of drug-likeness (QED) is 0.708. The molecule has 1 aromatic carbocycles. The van der Waals surface area contributed by atoms with Crippen LogP contribution in [0.1, 0.15) is 48.0 Å². The summed E-state index contributed by atoms with van der Waals surface area (Å²) in [6.45, 7) is 4.88. The standard InChI is InChI=1S/C22H30N2O4S/c1-18-6-7-19(29(26,27)24-12-14-28-15-13-24)16-20(18)21(25)23-11-5-10-22(17-23)8-3-2-4-9-22/h2-3,6-7,16H,4-5,8-15,17H2,1H3. The molecule has 3 aliphatic rings. The van der Waals surface area contributed by atoms with E-state index in [-0.39, 0.29) is 16.2 Å². The summed E-state index contributed by atoms with van der Waals surface area (Å²) in [5, 5.41) is 0. The molecule has 1 atom stereocenters.